The first kappa shape index (κ1) is 12.0. The third kappa shape index (κ3) is 2.82. The van der Waals surface area contributed by atoms with Crippen molar-refractivity contribution in [3.63, 3.8) is 0 Å². The normalized spacial score (nSPS) is 10.8. The van der Waals surface area contributed by atoms with E-state index < -0.39 is 0 Å². The van der Waals surface area contributed by atoms with Crippen LogP contribution in [0.2, 0.25) is 0 Å². The predicted octanol–water partition coefficient (Wildman–Crippen LogP) is 3.27. The Balaban J connectivity index is 2.22. The highest BCUT2D eigenvalue weighted by atomic mass is 16.3. The van der Waals surface area contributed by atoms with Gasteiger partial charge in [-0.05, 0) is 24.3 Å². The van der Waals surface area contributed by atoms with Gasteiger partial charge in [-0.25, -0.2) is 0 Å². The molecule has 0 aliphatic rings. The molecule has 0 saturated carbocycles. The number of phenolic OH excluding ortho intramolecular Hbond substituents is 1. The predicted molar refractivity (Wildman–Crippen MR) is 70.8 cm³/mol. The summed E-state index contributed by atoms with van der Waals surface area (Å²) >= 11 is 0. The third-order valence-electron chi connectivity index (χ3n) is 2.41. The molecule has 5 nitrogen and oxygen atoms in total. The van der Waals surface area contributed by atoms with Crippen molar-refractivity contribution < 1.29 is 5.11 Å². The summed E-state index contributed by atoms with van der Waals surface area (Å²) in [6.07, 6.45) is 3.28. The van der Waals surface area contributed by atoms with Crippen LogP contribution < -0.4 is 4.90 Å². The largest absolute Gasteiger partial charge is 0.506 e. The highest BCUT2D eigenvalue weighted by molar-refractivity contribution is 5.60. The molecule has 1 N–H and O–H groups in total. The van der Waals surface area contributed by atoms with E-state index >= 15 is 0 Å². The van der Waals surface area contributed by atoms with E-state index in [1.165, 1.54) is 0 Å². The second-order valence-corrected chi connectivity index (χ2v) is 3.97. The second kappa shape index (κ2) is 5.27. The number of pyridine rings is 1. The molecule has 0 radical (unpaired) electrons. The smallest absolute Gasteiger partial charge is 0.145 e. The van der Waals surface area contributed by atoms with Crippen LogP contribution in [0.15, 0.2) is 53.0 Å². The minimum Gasteiger partial charge on any atom is -0.506 e. The summed E-state index contributed by atoms with van der Waals surface area (Å²) in [5.74, 6) is 0.110. The number of hydrogen-bond acceptors (Lipinski definition) is 5. The fourth-order valence-corrected chi connectivity index (χ4v) is 1.40. The van der Waals surface area contributed by atoms with Gasteiger partial charge in [-0.3, -0.25) is 4.98 Å². The average molecular weight is 242 g/mol. The maximum absolute atomic E-state index is 9.83. The number of benzene rings is 1. The van der Waals surface area contributed by atoms with Gasteiger partial charge >= 0.3 is 0 Å². The molecule has 0 spiro atoms. The van der Waals surface area contributed by atoms with Gasteiger partial charge in [0.15, 0.2) is 0 Å². The molecule has 0 aliphatic carbocycles. The molecule has 5 heteroatoms. The van der Waals surface area contributed by atoms with Crippen LogP contribution in [0.1, 0.15) is 0 Å². The zero-order valence-electron chi connectivity index (χ0n) is 10.3. The van der Waals surface area contributed by atoms with Crippen LogP contribution in [0.5, 0.6) is 5.75 Å². The van der Waals surface area contributed by atoms with Crippen molar-refractivity contribution in [1.29, 1.82) is 0 Å². The van der Waals surface area contributed by atoms with Crippen molar-refractivity contribution in [2.75, 3.05) is 19.0 Å². The number of hydrogen-bond donors (Lipinski definition) is 1. The number of azo groups is 1. The Labute approximate surface area is 105 Å². The summed E-state index contributed by atoms with van der Waals surface area (Å²) < 4.78 is 0. The van der Waals surface area contributed by atoms with Crippen LogP contribution in [0.4, 0.5) is 17.1 Å². The van der Waals surface area contributed by atoms with Gasteiger partial charge in [-0.2, -0.15) is 5.11 Å². The molecule has 2 rings (SSSR count). The Bertz CT molecular complexity index is 552. The lowest BCUT2D eigenvalue weighted by molar-refractivity contribution is 0.476. The first-order valence-electron chi connectivity index (χ1n) is 5.49. The molecule has 0 aliphatic heterocycles. The summed E-state index contributed by atoms with van der Waals surface area (Å²) in [5.41, 5.74) is 2.05. The molecular weight excluding hydrogens is 228 g/mol. The highest BCUT2D eigenvalue weighted by Gasteiger charge is 2.02. The van der Waals surface area contributed by atoms with Crippen molar-refractivity contribution in [3.05, 3.63) is 42.7 Å². The maximum atomic E-state index is 9.83. The standard InChI is InChI=1S/C13H14N4O/c1-17(2)11-3-4-12(13(18)9-11)16-15-10-5-7-14-8-6-10/h3-9,18H,1-2H3. The first-order chi connectivity index (χ1) is 8.66. The monoisotopic (exact) mass is 242 g/mol. The molecule has 1 heterocycles. The molecule has 0 amide bonds. The van der Waals surface area contributed by atoms with Crippen LogP contribution in [-0.2, 0) is 0 Å². The Morgan fingerprint density at radius 2 is 1.78 bits per heavy atom. The summed E-state index contributed by atoms with van der Waals surface area (Å²) in [6, 6.07) is 8.75. The lowest BCUT2D eigenvalue weighted by Crippen LogP contribution is -2.07. The molecule has 0 saturated heterocycles. The van der Waals surface area contributed by atoms with Crippen molar-refractivity contribution >= 4 is 17.1 Å². The van der Waals surface area contributed by atoms with E-state index in [0.717, 1.165) is 5.69 Å². The summed E-state index contributed by atoms with van der Waals surface area (Å²) in [7, 11) is 3.82. The minimum absolute atomic E-state index is 0.110. The van der Waals surface area contributed by atoms with Crippen LogP contribution in [0.3, 0.4) is 0 Å². The molecule has 0 atom stereocenters. The fourth-order valence-electron chi connectivity index (χ4n) is 1.40. The lowest BCUT2D eigenvalue weighted by atomic mass is 10.2. The van der Waals surface area contributed by atoms with Gasteiger partial charge in [-0.15, -0.1) is 5.11 Å². The molecule has 0 unspecified atom stereocenters. The van der Waals surface area contributed by atoms with Gasteiger partial charge in [0.05, 0.1) is 5.69 Å². The van der Waals surface area contributed by atoms with Crippen molar-refractivity contribution in [3.8, 4) is 5.75 Å². The second-order valence-electron chi connectivity index (χ2n) is 3.97. The van der Waals surface area contributed by atoms with E-state index in [-0.39, 0.29) is 5.75 Å². The topological polar surface area (TPSA) is 61.1 Å². The maximum Gasteiger partial charge on any atom is 0.145 e. The summed E-state index contributed by atoms with van der Waals surface area (Å²) in [4.78, 5) is 5.80. The number of aromatic hydroxyl groups is 1. The van der Waals surface area contributed by atoms with E-state index in [4.69, 9.17) is 0 Å². The van der Waals surface area contributed by atoms with E-state index in [0.29, 0.717) is 11.4 Å². The Morgan fingerprint density at radius 1 is 1.06 bits per heavy atom. The molecule has 1 aromatic carbocycles. The SMILES string of the molecule is CN(C)c1ccc(N=Nc2ccncc2)c(O)c1. The van der Waals surface area contributed by atoms with Gasteiger partial charge in [0.2, 0.25) is 0 Å². The average Bonchev–Trinajstić information content (AvgIpc) is 2.38. The Hall–Kier alpha value is -2.43. The van der Waals surface area contributed by atoms with Gasteiger partial charge in [0.1, 0.15) is 11.4 Å². The molecule has 0 bridgehead atoms. The van der Waals surface area contributed by atoms with E-state index in [2.05, 4.69) is 15.2 Å². The number of anilines is 1. The number of phenols is 1. The molecular formula is C13H14N4O. The van der Waals surface area contributed by atoms with Crippen LogP contribution in [0.25, 0.3) is 0 Å². The number of nitrogens with zero attached hydrogens (tertiary/aromatic N) is 4. The number of rotatable bonds is 3. The van der Waals surface area contributed by atoms with E-state index in [9.17, 15) is 5.11 Å². The van der Waals surface area contributed by atoms with E-state index in [1.807, 2.05) is 25.1 Å². The molecule has 18 heavy (non-hydrogen) atoms. The van der Waals surface area contributed by atoms with Gasteiger partial charge in [0, 0.05) is 38.2 Å². The highest BCUT2D eigenvalue weighted by Crippen LogP contribution is 2.31. The summed E-state index contributed by atoms with van der Waals surface area (Å²) in [5, 5.41) is 17.9. The molecule has 1 aromatic heterocycles. The quantitative estimate of drug-likeness (QED) is 0.840. The summed E-state index contributed by atoms with van der Waals surface area (Å²) in [6.45, 7) is 0. The van der Waals surface area contributed by atoms with Crippen molar-refractivity contribution in [1.82, 2.24) is 4.98 Å². The molecule has 92 valence electrons. The van der Waals surface area contributed by atoms with Crippen LogP contribution in [0, 0.1) is 0 Å². The van der Waals surface area contributed by atoms with Crippen LogP contribution in [-0.4, -0.2) is 24.2 Å². The fraction of sp³-hybridized carbons (Fsp3) is 0.154. The third-order valence-corrected chi connectivity index (χ3v) is 2.41. The number of aromatic nitrogens is 1. The zero-order valence-corrected chi connectivity index (χ0v) is 10.3. The van der Waals surface area contributed by atoms with Crippen LogP contribution >= 0.6 is 0 Å². The van der Waals surface area contributed by atoms with E-state index in [1.54, 1.807) is 36.7 Å². The lowest BCUT2D eigenvalue weighted by Gasteiger charge is -2.12. The molecule has 2 aromatic rings. The van der Waals surface area contributed by atoms with Gasteiger partial charge in [0.25, 0.3) is 0 Å². The van der Waals surface area contributed by atoms with Crippen molar-refractivity contribution in [2.24, 2.45) is 10.2 Å². The molecule has 0 fully saturated rings. The van der Waals surface area contributed by atoms with Gasteiger partial charge in [-0.1, -0.05) is 0 Å². The first-order valence-corrected chi connectivity index (χ1v) is 5.49. The van der Waals surface area contributed by atoms with Crippen molar-refractivity contribution in [2.45, 2.75) is 0 Å². The Morgan fingerprint density at radius 3 is 2.39 bits per heavy atom. The zero-order chi connectivity index (χ0) is 13.0. The Kier molecular flexibility index (Phi) is 3.52. The minimum atomic E-state index is 0.110. The van der Waals surface area contributed by atoms with Gasteiger partial charge < -0.3 is 10.0 Å².